The van der Waals surface area contributed by atoms with Crippen LogP contribution in [0.5, 0.6) is 0 Å². The number of esters is 1. The summed E-state index contributed by atoms with van der Waals surface area (Å²) in [6.45, 7) is 6.25. The highest BCUT2D eigenvalue weighted by Crippen LogP contribution is 2.44. The van der Waals surface area contributed by atoms with Crippen LogP contribution in [0.15, 0.2) is 48.5 Å². The van der Waals surface area contributed by atoms with Crippen molar-refractivity contribution >= 4 is 12.1 Å². The van der Waals surface area contributed by atoms with Gasteiger partial charge in [-0.25, -0.2) is 4.79 Å². The predicted molar refractivity (Wildman–Crippen MR) is 108 cm³/mol. The van der Waals surface area contributed by atoms with Crippen molar-refractivity contribution in [1.29, 1.82) is 0 Å². The van der Waals surface area contributed by atoms with Crippen molar-refractivity contribution in [2.75, 3.05) is 19.8 Å². The zero-order valence-corrected chi connectivity index (χ0v) is 16.7. The van der Waals surface area contributed by atoms with Crippen molar-refractivity contribution in [3.63, 3.8) is 0 Å². The molecular formula is C23H27NO4. The number of hydrogen-bond donors (Lipinski definition) is 1. The summed E-state index contributed by atoms with van der Waals surface area (Å²) >= 11 is 0. The van der Waals surface area contributed by atoms with Gasteiger partial charge < -0.3 is 14.8 Å². The molecule has 2 aromatic carbocycles. The molecule has 28 heavy (non-hydrogen) atoms. The zero-order chi connectivity index (χ0) is 20.1. The van der Waals surface area contributed by atoms with Gasteiger partial charge in [-0.05, 0) is 42.5 Å². The Balaban J connectivity index is 1.50. The second-order valence-corrected chi connectivity index (χ2v) is 7.63. The van der Waals surface area contributed by atoms with Gasteiger partial charge in [0.2, 0.25) is 0 Å². The van der Waals surface area contributed by atoms with Crippen LogP contribution in [0, 0.1) is 5.41 Å². The maximum atomic E-state index is 12.0. The van der Waals surface area contributed by atoms with E-state index in [1.807, 2.05) is 45.0 Å². The molecule has 1 aliphatic carbocycles. The number of fused-ring (bicyclic) bond motifs is 3. The average molecular weight is 381 g/mol. The lowest BCUT2D eigenvalue weighted by molar-refractivity contribution is -0.153. The molecule has 0 aromatic heterocycles. The number of benzene rings is 2. The lowest BCUT2D eigenvalue weighted by atomic mass is 9.91. The van der Waals surface area contributed by atoms with E-state index < -0.39 is 11.5 Å². The molecule has 1 aliphatic rings. The van der Waals surface area contributed by atoms with Gasteiger partial charge in [-0.15, -0.1) is 0 Å². The van der Waals surface area contributed by atoms with Crippen LogP contribution >= 0.6 is 0 Å². The average Bonchev–Trinajstić information content (AvgIpc) is 3.03. The van der Waals surface area contributed by atoms with Gasteiger partial charge >= 0.3 is 12.1 Å². The third-order valence-corrected chi connectivity index (χ3v) is 5.38. The highest BCUT2D eigenvalue weighted by atomic mass is 16.6. The summed E-state index contributed by atoms with van der Waals surface area (Å²) in [4.78, 5) is 24.0. The Kier molecular flexibility index (Phi) is 6.02. The van der Waals surface area contributed by atoms with E-state index in [1.165, 1.54) is 22.3 Å². The fourth-order valence-corrected chi connectivity index (χ4v) is 3.29. The molecule has 3 rings (SSSR count). The number of carbonyl (C=O) groups excluding carboxylic acids is 2. The van der Waals surface area contributed by atoms with E-state index >= 15 is 0 Å². The summed E-state index contributed by atoms with van der Waals surface area (Å²) in [7, 11) is 0. The van der Waals surface area contributed by atoms with Gasteiger partial charge in [0.15, 0.2) is 0 Å². The Morgan fingerprint density at radius 1 is 0.964 bits per heavy atom. The van der Waals surface area contributed by atoms with E-state index in [0.29, 0.717) is 6.42 Å². The first-order chi connectivity index (χ1) is 13.4. The standard InChI is InChI=1S/C23H27NO4/c1-4-23(2,3)21(25)27-14-13-24-22(26)28-15-20-18-11-7-5-9-16(18)17-10-6-8-12-19(17)20/h5-12,20H,4,13-15H2,1-3H3,(H,24,26). The summed E-state index contributed by atoms with van der Waals surface area (Å²) in [5, 5.41) is 2.64. The molecule has 148 valence electrons. The highest BCUT2D eigenvalue weighted by Gasteiger charge is 2.29. The van der Waals surface area contributed by atoms with Gasteiger partial charge in [0.25, 0.3) is 0 Å². The second kappa shape index (κ2) is 8.46. The normalized spacial score (nSPS) is 12.8. The maximum absolute atomic E-state index is 12.0. The summed E-state index contributed by atoms with van der Waals surface area (Å²) in [5.74, 6) is -0.231. The lowest BCUT2D eigenvalue weighted by Gasteiger charge is -2.20. The number of amides is 1. The van der Waals surface area contributed by atoms with Crippen molar-refractivity contribution in [2.24, 2.45) is 5.41 Å². The van der Waals surface area contributed by atoms with Crippen molar-refractivity contribution in [3.8, 4) is 11.1 Å². The smallest absolute Gasteiger partial charge is 0.407 e. The lowest BCUT2D eigenvalue weighted by Crippen LogP contribution is -2.32. The van der Waals surface area contributed by atoms with E-state index in [2.05, 4.69) is 29.6 Å². The molecule has 0 spiro atoms. The molecule has 0 saturated heterocycles. The monoisotopic (exact) mass is 381 g/mol. The number of ether oxygens (including phenoxy) is 2. The van der Waals surface area contributed by atoms with E-state index in [0.717, 1.165) is 0 Å². The minimum absolute atomic E-state index is 0.0290. The Morgan fingerprint density at radius 3 is 2.11 bits per heavy atom. The molecule has 1 N–H and O–H groups in total. The Bertz CT molecular complexity index is 814. The van der Waals surface area contributed by atoms with Gasteiger partial charge in [-0.3, -0.25) is 4.79 Å². The van der Waals surface area contributed by atoms with Gasteiger partial charge in [0, 0.05) is 5.92 Å². The molecule has 0 atom stereocenters. The number of hydrogen-bond acceptors (Lipinski definition) is 4. The topological polar surface area (TPSA) is 64.6 Å². The molecule has 0 unspecified atom stereocenters. The van der Waals surface area contributed by atoms with Crippen molar-refractivity contribution < 1.29 is 19.1 Å². The molecule has 5 heteroatoms. The first kappa shape index (κ1) is 19.9. The molecule has 5 nitrogen and oxygen atoms in total. The van der Waals surface area contributed by atoms with Gasteiger partial charge in [0.05, 0.1) is 12.0 Å². The molecule has 2 aromatic rings. The SMILES string of the molecule is CCC(C)(C)C(=O)OCCNC(=O)OCC1c2ccccc2-c2ccccc21. The highest BCUT2D eigenvalue weighted by molar-refractivity contribution is 5.79. The molecule has 0 fully saturated rings. The Morgan fingerprint density at radius 2 is 1.54 bits per heavy atom. The minimum Gasteiger partial charge on any atom is -0.463 e. The van der Waals surface area contributed by atoms with E-state index in [9.17, 15) is 9.59 Å². The van der Waals surface area contributed by atoms with Crippen molar-refractivity contribution in [2.45, 2.75) is 33.1 Å². The van der Waals surface area contributed by atoms with Crippen molar-refractivity contribution in [1.82, 2.24) is 5.32 Å². The second-order valence-electron chi connectivity index (χ2n) is 7.63. The van der Waals surface area contributed by atoms with Crippen LogP contribution < -0.4 is 5.32 Å². The van der Waals surface area contributed by atoms with Crippen LogP contribution in [-0.4, -0.2) is 31.8 Å². The zero-order valence-electron chi connectivity index (χ0n) is 16.7. The van der Waals surface area contributed by atoms with Gasteiger partial charge in [0.1, 0.15) is 13.2 Å². The molecule has 0 heterocycles. The van der Waals surface area contributed by atoms with Crippen LogP contribution in [0.1, 0.15) is 44.2 Å². The fourth-order valence-electron chi connectivity index (χ4n) is 3.29. The number of nitrogens with one attached hydrogen (secondary N) is 1. The van der Waals surface area contributed by atoms with Crippen molar-refractivity contribution in [3.05, 3.63) is 59.7 Å². The largest absolute Gasteiger partial charge is 0.463 e. The van der Waals surface area contributed by atoms with E-state index in [4.69, 9.17) is 9.47 Å². The molecule has 0 saturated carbocycles. The first-order valence-corrected chi connectivity index (χ1v) is 9.70. The third-order valence-electron chi connectivity index (χ3n) is 5.38. The molecule has 0 radical (unpaired) electrons. The minimum atomic E-state index is -0.510. The summed E-state index contributed by atoms with van der Waals surface area (Å²) in [6.07, 6.45) is 0.193. The number of carbonyl (C=O) groups is 2. The molecule has 0 aliphatic heterocycles. The third kappa shape index (κ3) is 4.19. The quantitative estimate of drug-likeness (QED) is 0.566. The summed E-state index contributed by atoms with van der Waals surface area (Å²) < 4.78 is 10.7. The maximum Gasteiger partial charge on any atom is 0.407 e. The molecule has 0 bridgehead atoms. The van der Waals surface area contributed by atoms with Gasteiger partial charge in [-0.2, -0.15) is 0 Å². The van der Waals surface area contributed by atoms with E-state index in [1.54, 1.807) is 0 Å². The summed E-state index contributed by atoms with van der Waals surface area (Å²) in [6, 6.07) is 16.4. The molecule has 1 amide bonds. The van der Waals surface area contributed by atoms with Crippen LogP contribution in [0.25, 0.3) is 11.1 Å². The fraction of sp³-hybridized carbons (Fsp3) is 0.391. The molecular weight excluding hydrogens is 354 g/mol. The predicted octanol–water partition coefficient (Wildman–Crippen LogP) is 4.50. The Labute approximate surface area is 166 Å². The van der Waals surface area contributed by atoms with Crippen LogP contribution in [0.4, 0.5) is 4.79 Å². The number of alkyl carbamates (subject to hydrolysis) is 1. The van der Waals surface area contributed by atoms with Gasteiger partial charge in [-0.1, -0.05) is 55.5 Å². The van der Waals surface area contributed by atoms with Crippen LogP contribution in [0.3, 0.4) is 0 Å². The number of rotatable bonds is 7. The van der Waals surface area contributed by atoms with E-state index in [-0.39, 0.29) is 31.6 Å². The summed E-state index contributed by atoms with van der Waals surface area (Å²) in [5.41, 5.74) is 4.22. The van der Waals surface area contributed by atoms with Crippen LogP contribution in [0.2, 0.25) is 0 Å². The Hall–Kier alpha value is -2.82. The first-order valence-electron chi connectivity index (χ1n) is 9.70. The van der Waals surface area contributed by atoms with Crippen LogP contribution in [-0.2, 0) is 14.3 Å².